The summed E-state index contributed by atoms with van der Waals surface area (Å²) >= 11 is 0. The van der Waals surface area contributed by atoms with Crippen molar-refractivity contribution in [2.24, 2.45) is 0 Å². The molecule has 0 aliphatic carbocycles. The van der Waals surface area contributed by atoms with Crippen molar-refractivity contribution in [3.8, 4) is 5.75 Å². The highest BCUT2D eigenvalue weighted by Gasteiger charge is 2.16. The average Bonchev–Trinajstić information content (AvgIpc) is 2.41. The molecule has 1 aromatic carbocycles. The molecule has 0 atom stereocenters. The minimum atomic E-state index is 0.299. The number of unbranched alkanes of at least 4 members (excludes halogenated alkanes) is 1. The highest BCUT2D eigenvalue weighted by atomic mass is 16.3. The number of anilines is 1. The molecule has 100 valence electrons. The van der Waals surface area contributed by atoms with E-state index in [0.29, 0.717) is 12.4 Å². The van der Waals surface area contributed by atoms with Crippen LogP contribution in [0.15, 0.2) is 24.3 Å². The van der Waals surface area contributed by atoms with E-state index in [9.17, 15) is 5.11 Å². The van der Waals surface area contributed by atoms with Gasteiger partial charge in [0.15, 0.2) is 0 Å². The summed E-state index contributed by atoms with van der Waals surface area (Å²) in [4.78, 5) is 4.80. The van der Waals surface area contributed by atoms with Gasteiger partial charge in [0, 0.05) is 38.5 Å². The van der Waals surface area contributed by atoms with Gasteiger partial charge in [-0.1, -0.05) is 0 Å². The molecule has 4 nitrogen and oxygen atoms in total. The van der Waals surface area contributed by atoms with Crippen molar-refractivity contribution in [2.75, 3.05) is 44.2 Å². The molecule has 2 rings (SSSR count). The molecule has 1 aliphatic rings. The lowest BCUT2D eigenvalue weighted by molar-refractivity contribution is 0.232. The molecule has 2 N–H and O–H groups in total. The van der Waals surface area contributed by atoms with E-state index in [1.165, 1.54) is 5.69 Å². The summed E-state index contributed by atoms with van der Waals surface area (Å²) in [6, 6.07) is 7.42. The SMILES string of the molecule is OCCCCN1CCN(c2ccc(O)cc2)CC1. The van der Waals surface area contributed by atoms with E-state index in [1.54, 1.807) is 12.1 Å². The van der Waals surface area contributed by atoms with Crippen molar-refractivity contribution in [1.29, 1.82) is 0 Å². The third-order valence-corrected chi connectivity index (χ3v) is 3.47. The van der Waals surface area contributed by atoms with Gasteiger partial charge in [0.05, 0.1) is 0 Å². The molecule has 1 aliphatic heterocycles. The van der Waals surface area contributed by atoms with Crippen molar-refractivity contribution in [2.45, 2.75) is 12.8 Å². The largest absolute Gasteiger partial charge is 0.508 e. The summed E-state index contributed by atoms with van der Waals surface area (Å²) in [5.74, 6) is 0.321. The summed E-state index contributed by atoms with van der Waals surface area (Å²) < 4.78 is 0. The molecule has 18 heavy (non-hydrogen) atoms. The van der Waals surface area contributed by atoms with Gasteiger partial charge in [0.2, 0.25) is 0 Å². The van der Waals surface area contributed by atoms with Gasteiger partial charge in [0.25, 0.3) is 0 Å². The third kappa shape index (κ3) is 3.62. The van der Waals surface area contributed by atoms with Gasteiger partial charge in [-0.3, -0.25) is 4.90 Å². The van der Waals surface area contributed by atoms with Crippen LogP contribution in [0.4, 0.5) is 5.69 Å². The fourth-order valence-corrected chi connectivity index (χ4v) is 2.34. The Morgan fingerprint density at radius 2 is 1.61 bits per heavy atom. The number of aromatic hydroxyl groups is 1. The smallest absolute Gasteiger partial charge is 0.115 e. The summed E-state index contributed by atoms with van der Waals surface area (Å²) in [5.41, 5.74) is 1.18. The monoisotopic (exact) mass is 250 g/mol. The number of hydrogen-bond acceptors (Lipinski definition) is 4. The number of phenolic OH excluding ortho intramolecular Hbond substituents is 1. The number of aliphatic hydroxyl groups excluding tert-OH is 1. The Labute approximate surface area is 108 Å². The van der Waals surface area contributed by atoms with Gasteiger partial charge in [-0.2, -0.15) is 0 Å². The predicted molar refractivity (Wildman–Crippen MR) is 73.1 cm³/mol. The Kier molecular flexibility index (Phi) is 4.84. The second-order valence-electron chi connectivity index (χ2n) is 4.78. The number of nitrogens with zero attached hydrogens (tertiary/aromatic N) is 2. The molecular formula is C14H22N2O2. The zero-order valence-electron chi connectivity index (χ0n) is 10.8. The highest BCUT2D eigenvalue weighted by Crippen LogP contribution is 2.19. The van der Waals surface area contributed by atoms with Crippen molar-refractivity contribution in [3.63, 3.8) is 0 Å². The lowest BCUT2D eigenvalue weighted by Gasteiger charge is -2.36. The molecule has 0 unspecified atom stereocenters. The first-order chi connectivity index (χ1) is 8.79. The molecule has 0 saturated carbocycles. The van der Waals surface area contributed by atoms with Crippen LogP contribution in [0.25, 0.3) is 0 Å². The van der Waals surface area contributed by atoms with Crippen LogP contribution in [0.3, 0.4) is 0 Å². The maximum absolute atomic E-state index is 9.27. The molecule has 1 fully saturated rings. The molecule has 0 radical (unpaired) electrons. The van der Waals surface area contributed by atoms with Crippen LogP contribution in [0.1, 0.15) is 12.8 Å². The molecule has 0 bridgehead atoms. The quantitative estimate of drug-likeness (QED) is 0.773. The number of benzene rings is 1. The van der Waals surface area contributed by atoms with E-state index < -0.39 is 0 Å². The minimum Gasteiger partial charge on any atom is -0.508 e. The van der Waals surface area contributed by atoms with Crippen LogP contribution in [0.2, 0.25) is 0 Å². The van der Waals surface area contributed by atoms with Crippen LogP contribution in [0, 0.1) is 0 Å². The Morgan fingerprint density at radius 1 is 0.944 bits per heavy atom. The van der Waals surface area contributed by atoms with Gasteiger partial charge >= 0.3 is 0 Å². The van der Waals surface area contributed by atoms with Gasteiger partial charge in [0.1, 0.15) is 5.75 Å². The molecule has 4 heteroatoms. The van der Waals surface area contributed by atoms with Crippen LogP contribution in [-0.2, 0) is 0 Å². The minimum absolute atomic E-state index is 0.299. The Balaban J connectivity index is 1.77. The normalized spacial score (nSPS) is 17.1. The summed E-state index contributed by atoms with van der Waals surface area (Å²) in [6.45, 7) is 5.60. The van der Waals surface area contributed by atoms with Crippen molar-refractivity contribution in [3.05, 3.63) is 24.3 Å². The number of phenols is 1. The molecular weight excluding hydrogens is 228 g/mol. The average molecular weight is 250 g/mol. The molecule has 0 spiro atoms. The van der Waals surface area contributed by atoms with Crippen molar-refractivity contribution < 1.29 is 10.2 Å². The molecule has 1 saturated heterocycles. The first-order valence-corrected chi connectivity index (χ1v) is 6.67. The van der Waals surface area contributed by atoms with E-state index in [2.05, 4.69) is 9.80 Å². The fourth-order valence-electron chi connectivity index (χ4n) is 2.34. The summed E-state index contributed by atoms with van der Waals surface area (Å²) in [5, 5.41) is 18.0. The third-order valence-electron chi connectivity index (χ3n) is 3.47. The second kappa shape index (κ2) is 6.61. The number of rotatable bonds is 5. The van der Waals surface area contributed by atoms with Gasteiger partial charge in [-0.25, -0.2) is 0 Å². The van der Waals surface area contributed by atoms with E-state index in [4.69, 9.17) is 5.11 Å². The lowest BCUT2D eigenvalue weighted by Crippen LogP contribution is -2.46. The van der Waals surface area contributed by atoms with E-state index in [1.807, 2.05) is 12.1 Å². The highest BCUT2D eigenvalue weighted by molar-refractivity contribution is 5.49. The molecule has 1 heterocycles. The van der Waals surface area contributed by atoms with E-state index >= 15 is 0 Å². The molecule has 0 aromatic heterocycles. The molecule has 1 aromatic rings. The van der Waals surface area contributed by atoms with Gasteiger partial charge in [-0.15, -0.1) is 0 Å². The van der Waals surface area contributed by atoms with Crippen LogP contribution in [0.5, 0.6) is 5.75 Å². The first kappa shape index (κ1) is 13.2. The zero-order chi connectivity index (χ0) is 12.8. The number of hydrogen-bond donors (Lipinski definition) is 2. The maximum atomic E-state index is 9.27. The van der Waals surface area contributed by atoms with Gasteiger partial charge in [-0.05, 0) is 43.7 Å². The van der Waals surface area contributed by atoms with Crippen molar-refractivity contribution in [1.82, 2.24) is 4.90 Å². The van der Waals surface area contributed by atoms with E-state index in [-0.39, 0.29) is 0 Å². The fraction of sp³-hybridized carbons (Fsp3) is 0.571. The lowest BCUT2D eigenvalue weighted by atomic mass is 10.2. The number of aliphatic hydroxyl groups is 1. The van der Waals surface area contributed by atoms with Crippen LogP contribution >= 0.6 is 0 Å². The van der Waals surface area contributed by atoms with Crippen LogP contribution < -0.4 is 4.90 Å². The second-order valence-corrected chi connectivity index (χ2v) is 4.78. The Hall–Kier alpha value is -1.26. The first-order valence-electron chi connectivity index (χ1n) is 6.67. The van der Waals surface area contributed by atoms with Crippen molar-refractivity contribution >= 4 is 5.69 Å². The van der Waals surface area contributed by atoms with E-state index in [0.717, 1.165) is 45.6 Å². The predicted octanol–water partition coefficient (Wildman–Crippen LogP) is 1.29. The Bertz CT molecular complexity index is 345. The topological polar surface area (TPSA) is 46.9 Å². The maximum Gasteiger partial charge on any atom is 0.115 e. The standard InChI is InChI=1S/C14H22N2O2/c17-12-2-1-7-15-8-10-16(11-9-15)13-3-5-14(18)6-4-13/h3-6,17-18H,1-2,7-12H2. The van der Waals surface area contributed by atoms with Crippen LogP contribution in [-0.4, -0.2) is 54.4 Å². The van der Waals surface area contributed by atoms with Gasteiger partial charge < -0.3 is 15.1 Å². The summed E-state index contributed by atoms with van der Waals surface area (Å²) in [6.07, 6.45) is 1.98. The Morgan fingerprint density at radius 3 is 2.22 bits per heavy atom. The zero-order valence-corrected chi connectivity index (χ0v) is 10.8. The number of piperazine rings is 1. The molecule has 0 amide bonds. The summed E-state index contributed by atoms with van der Waals surface area (Å²) in [7, 11) is 0.